The van der Waals surface area contributed by atoms with Crippen LogP contribution in [0.3, 0.4) is 0 Å². The zero-order chi connectivity index (χ0) is 19.9. The molecule has 0 bridgehead atoms. The molecule has 0 aliphatic heterocycles. The number of nitrogens with zero attached hydrogens (tertiary/aromatic N) is 5. The van der Waals surface area contributed by atoms with E-state index in [1.54, 1.807) is 11.2 Å². The number of benzene rings is 2. The van der Waals surface area contributed by atoms with Crippen LogP contribution >= 0.6 is 11.8 Å². The van der Waals surface area contributed by atoms with Crippen molar-refractivity contribution in [3.63, 3.8) is 0 Å². The third kappa shape index (κ3) is 4.20. The Morgan fingerprint density at radius 2 is 1.54 bits per heavy atom. The monoisotopic (exact) mass is 383 g/mol. The summed E-state index contributed by atoms with van der Waals surface area (Å²) in [6.45, 7) is 0. The lowest BCUT2D eigenvalue weighted by Crippen LogP contribution is -2.07. The third-order valence-electron chi connectivity index (χ3n) is 3.80. The van der Waals surface area contributed by atoms with E-state index in [-0.39, 0.29) is 0 Å². The molecule has 0 aliphatic carbocycles. The zero-order valence-corrected chi connectivity index (χ0v) is 16.3. The smallest absolute Gasteiger partial charge is 0.173 e. The number of hydrogen-bond acceptors (Lipinski definition) is 5. The Morgan fingerprint density at radius 1 is 0.929 bits per heavy atom. The summed E-state index contributed by atoms with van der Waals surface area (Å²) in [6.07, 6.45) is 1.60. The van der Waals surface area contributed by atoms with Crippen molar-refractivity contribution in [1.29, 1.82) is 10.5 Å². The minimum absolute atomic E-state index is 0.290. The van der Waals surface area contributed by atoms with Gasteiger partial charge in [-0.2, -0.15) is 10.5 Å². The van der Waals surface area contributed by atoms with Crippen LogP contribution in [-0.2, 0) is 0 Å². The fraction of sp³-hybridized carbons (Fsp3) is 0.0909. The van der Waals surface area contributed by atoms with Crippen molar-refractivity contribution in [2.45, 2.75) is 9.92 Å². The van der Waals surface area contributed by atoms with Gasteiger partial charge in [0.15, 0.2) is 5.82 Å². The molecule has 0 spiro atoms. The molecule has 1 heterocycles. The highest BCUT2D eigenvalue weighted by molar-refractivity contribution is 7.99. The highest BCUT2D eigenvalue weighted by Gasteiger charge is 2.21. The number of nitriles is 2. The van der Waals surface area contributed by atoms with Crippen molar-refractivity contribution in [3.05, 3.63) is 71.8 Å². The van der Waals surface area contributed by atoms with Gasteiger partial charge in [0.1, 0.15) is 22.7 Å². The van der Waals surface area contributed by atoms with Gasteiger partial charge in [0.05, 0.1) is 11.9 Å². The van der Waals surface area contributed by atoms with E-state index in [0.717, 1.165) is 10.5 Å². The van der Waals surface area contributed by atoms with Crippen molar-refractivity contribution in [2.75, 3.05) is 14.1 Å². The molecule has 0 N–H and O–H groups in total. The normalized spacial score (nSPS) is 10.4. The Morgan fingerprint density at radius 3 is 2.11 bits per heavy atom. The molecule has 0 amide bonds. The molecule has 1 aromatic heterocycles. The predicted octanol–water partition coefficient (Wildman–Crippen LogP) is 4.86. The largest absolute Gasteiger partial charge is 0.369 e. The van der Waals surface area contributed by atoms with Gasteiger partial charge >= 0.3 is 0 Å². The van der Waals surface area contributed by atoms with E-state index >= 15 is 0 Å². The quantitative estimate of drug-likeness (QED) is 0.464. The molecule has 0 unspecified atom stereocenters. The first-order chi connectivity index (χ1) is 13.6. The highest BCUT2D eigenvalue weighted by Crippen LogP contribution is 2.39. The van der Waals surface area contributed by atoms with Gasteiger partial charge in [-0.1, -0.05) is 60.3 Å². The molecule has 0 fully saturated rings. The summed E-state index contributed by atoms with van der Waals surface area (Å²) < 4.78 is 0. The number of hydrogen-bond donors (Lipinski definition) is 0. The molecule has 0 radical (unpaired) electrons. The summed E-state index contributed by atoms with van der Waals surface area (Å²) in [5.41, 5.74) is 2.01. The van der Waals surface area contributed by atoms with E-state index in [0.29, 0.717) is 27.5 Å². The maximum Gasteiger partial charge on any atom is 0.173 e. The van der Waals surface area contributed by atoms with Gasteiger partial charge in [-0.25, -0.2) is 9.98 Å². The molecule has 3 rings (SSSR count). The summed E-state index contributed by atoms with van der Waals surface area (Å²) in [5.74, 6) is 0.299. The number of aliphatic imine (C=N–C) groups is 1. The maximum absolute atomic E-state index is 9.91. The van der Waals surface area contributed by atoms with Crippen molar-refractivity contribution >= 4 is 23.9 Å². The number of aromatic nitrogens is 1. The Balaban J connectivity index is 2.29. The molecule has 0 saturated heterocycles. The summed E-state index contributed by atoms with van der Waals surface area (Å²) in [4.78, 5) is 11.7. The van der Waals surface area contributed by atoms with Crippen LogP contribution in [0.1, 0.15) is 11.1 Å². The molecular formula is C22H17N5S. The molecular weight excluding hydrogens is 366 g/mol. The van der Waals surface area contributed by atoms with E-state index in [1.165, 1.54) is 11.8 Å². The van der Waals surface area contributed by atoms with Gasteiger partial charge in [0, 0.05) is 24.6 Å². The summed E-state index contributed by atoms with van der Waals surface area (Å²) >= 11 is 1.38. The SMILES string of the molecule is CN(C)C=Nc1nc(Sc2ccccc2)c(C#N)c(-c2ccccc2)c1C#N. The molecule has 136 valence electrons. The molecule has 0 atom stereocenters. The van der Waals surface area contributed by atoms with Crippen molar-refractivity contribution in [1.82, 2.24) is 9.88 Å². The van der Waals surface area contributed by atoms with E-state index in [9.17, 15) is 10.5 Å². The second-order valence-electron chi connectivity index (χ2n) is 6.08. The lowest BCUT2D eigenvalue weighted by Gasteiger charge is -2.13. The lowest BCUT2D eigenvalue weighted by atomic mass is 9.97. The molecule has 0 saturated carbocycles. The van der Waals surface area contributed by atoms with Crippen LogP contribution in [0.4, 0.5) is 5.82 Å². The summed E-state index contributed by atoms with van der Waals surface area (Å²) in [7, 11) is 3.69. The molecule has 0 aliphatic rings. The average Bonchev–Trinajstić information content (AvgIpc) is 2.73. The average molecular weight is 383 g/mol. The summed E-state index contributed by atoms with van der Waals surface area (Å²) in [5, 5.41) is 20.3. The number of pyridine rings is 1. The Hall–Kier alpha value is -3.61. The Kier molecular flexibility index (Phi) is 6.06. The van der Waals surface area contributed by atoms with E-state index in [4.69, 9.17) is 0 Å². The lowest BCUT2D eigenvalue weighted by molar-refractivity contribution is 0.643. The first-order valence-corrected chi connectivity index (χ1v) is 9.32. The maximum atomic E-state index is 9.91. The topological polar surface area (TPSA) is 76.1 Å². The fourth-order valence-corrected chi connectivity index (χ4v) is 3.49. The van der Waals surface area contributed by atoms with Crippen LogP contribution in [0.25, 0.3) is 11.1 Å². The van der Waals surface area contributed by atoms with Gasteiger partial charge < -0.3 is 4.90 Å². The van der Waals surface area contributed by atoms with Crippen LogP contribution in [0, 0.1) is 22.7 Å². The van der Waals surface area contributed by atoms with Gasteiger partial charge in [0.25, 0.3) is 0 Å². The minimum Gasteiger partial charge on any atom is -0.369 e. The molecule has 28 heavy (non-hydrogen) atoms. The van der Waals surface area contributed by atoms with E-state index in [2.05, 4.69) is 22.1 Å². The van der Waals surface area contributed by atoms with Crippen LogP contribution in [-0.4, -0.2) is 30.3 Å². The van der Waals surface area contributed by atoms with Crippen LogP contribution in [0.2, 0.25) is 0 Å². The molecule has 6 heteroatoms. The molecule has 5 nitrogen and oxygen atoms in total. The van der Waals surface area contributed by atoms with Crippen LogP contribution in [0.15, 0.2) is 75.6 Å². The standard InChI is InChI=1S/C22H17N5S/c1-27(2)15-25-21-18(13-23)20(16-9-5-3-6-10-16)19(14-24)22(26-21)28-17-11-7-4-8-12-17/h3-12,15H,1-2H3. The Labute approximate surface area is 168 Å². The second kappa shape index (κ2) is 8.85. The van der Waals surface area contributed by atoms with Gasteiger partial charge in [-0.15, -0.1) is 0 Å². The van der Waals surface area contributed by atoms with Gasteiger partial charge in [0.2, 0.25) is 0 Å². The van der Waals surface area contributed by atoms with E-state index in [1.807, 2.05) is 74.8 Å². The van der Waals surface area contributed by atoms with Gasteiger partial charge in [-0.3, -0.25) is 0 Å². The Bertz CT molecular complexity index is 1080. The summed E-state index contributed by atoms with van der Waals surface area (Å²) in [6, 6.07) is 23.6. The van der Waals surface area contributed by atoms with Gasteiger partial charge in [-0.05, 0) is 17.7 Å². The van der Waals surface area contributed by atoms with E-state index < -0.39 is 0 Å². The fourth-order valence-electron chi connectivity index (χ4n) is 2.59. The first-order valence-electron chi connectivity index (χ1n) is 8.51. The number of rotatable bonds is 5. The first kappa shape index (κ1) is 19.2. The minimum atomic E-state index is 0.290. The van der Waals surface area contributed by atoms with Crippen LogP contribution < -0.4 is 0 Å². The zero-order valence-electron chi connectivity index (χ0n) is 15.5. The molecule has 3 aromatic rings. The second-order valence-corrected chi connectivity index (χ2v) is 7.14. The van der Waals surface area contributed by atoms with Crippen molar-refractivity contribution < 1.29 is 0 Å². The predicted molar refractivity (Wildman–Crippen MR) is 112 cm³/mol. The molecule has 2 aromatic carbocycles. The van der Waals surface area contributed by atoms with Crippen molar-refractivity contribution in [3.8, 4) is 23.3 Å². The van der Waals surface area contributed by atoms with Crippen molar-refractivity contribution in [2.24, 2.45) is 4.99 Å². The highest BCUT2D eigenvalue weighted by atomic mass is 32.2. The third-order valence-corrected chi connectivity index (χ3v) is 4.80. The van der Waals surface area contributed by atoms with Crippen LogP contribution in [0.5, 0.6) is 0 Å².